The lowest BCUT2D eigenvalue weighted by Crippen LogP contribution is -2.56. The molecule has 0 aromatic rings. The van der Waals surface area contributed by atoms with E-state index in [0.29, 0.717) is 18.1 Å². The van der Waals surface area contributed by atoms with E-state index in [-0.39, 0.29) is 0 Å². The van der Waals surface area contributed by atoms with Gasteiger partial charge in [-0.25, -0.2) is 0 Å². The van der Waals surface area contributed by atoms with Gasteiger partial charge < -0.3 is 15.4 Å². The van der Waals surface area contributed by atoms with Crippen LogP contribution in [0.3, 0.4) is 0 Å². The topological polar surface area (TPSA) is 52.1 Å². The first kappa shape index (κ1) is 20.9. The molecule has 156 valence electrons. The minimum Gasteiger partial charge on any atom is -0.379 e. The molecule has 27 heavy (non-hydrogen) atoms. The van der Waals surface area contributed by atoms with Crippen LogP contribution in [0, 0.1) is 0 Å². The van der Waals surface area contributed by atoms with E-state index in [1.165, 1.54) is 58.0 Å². The molecule has 1 saturated carbocycles. The summed E-state index contributed by atoms with van der Waals surface area (Å²) in [7, 11) is 1.89. The van der Waals surface area contributed by atoms with Crippen molar-refractivity contribution in [3.05, 3.63) is 0 Å². The maximum absolute atomic E-state index is 5.57. The molecule has 3 fully saturated rings. The summed E-state index contributed by atoms with van der Waals surface area (Å²) >= 11 is 0. The number of piperidine rings is 1. The Morgan fingerprint density at radius 1 is 1.15 bits per heavy atom. The van der Waals surface area contributed by atoms with Gasteiger partial charge in [0.05, 0.1) is 13.2 Å². The molecule has 3 rings (SSSR count). The van der Waals surface area contributed by atoms with Crippen molar-refractivity contribution < 1.29 is 4.74 Å². The van der Waals surface area contributed by atoms with Crippen LogP contribution >= 0.6 is 0 Å². The van der Waals surface area contributed by atoms with Gasteiger partial charge in [0.1, 0.15) is 0 Å². The predicted molar refractivity (Wildman–Crippen MR) is 112 cm³/mol. The molecule has 1 aliphatic carbocycles. The molecule has 0 aromatic carbocycles. The van der Waals surface area contributed by atoms with E-state index in [1.807, 2.05) is 7.05 Å². The molecular formula is C21H41N5O. The highest BCUT2D eigenvalue weighted by Crippen LogP contribution is 2.25. The Bertz CT molecular complexity index is 465. The van der Waals surface area contributed by atoms with Gasteiger partial charge in [-0.05, 0) is 46.1 Å². The van der Waals surface area contributed by atoms with Crippen LogP contribution in [0.2, 0.25) is 0 Å². The molecule has 6 nitrogen and oxygen atoms in total. The summed E-state index contributed by atoms with van der Waals surface area (Å²) in [5, 5.41) is 7.26. The highest BCUT2D eigenvalue weighted by Gasteiger charge is 2.28. The van der Waals surface area contributed by atoms with Crippen LogP contribution in [0.1, 0.15) is 58.8 Å². The van der Waals surface area contributed by atoms with E-state index in [2.05, 4.69) is 39.3 Å². The zero-order chi connectivity index (χ0) is 19.1. The lowest BCUT2D eigenvalue weighted by Gasteiger charge is -2.41. The van der Waals surface area contributed by atoms with E-state index < -0.39 is 0 Å². The van der Waals surface area contributed by atoms with E-state index in [9.17, 15) is 0 Å². The maximum Gasteiger partial charge on any atom is 0.191 e. The van der Waals surface area contributed by atoms with Crippen molar-refractivity contribution in [1.29, 1.82) is 0 Å². The quantitative estimate of drug-likeness (QED) is 0.566. The second-order valence-corrected chi connectivity index (χ2v) is 8.73. The normalized spacial score (nSPS) is 30.9. The molecule has 2 heterocycles. The number of hydrogen-bond donors (Lipinski definition) is 2. The van der Waals surface area contributed by atoms with Gasteiger partial charge >= 0.3 is 0 Å². The fourth-order valence-corrected chi connectivity index (χ4v) is 5.05. The van der Waals surface area contributed by atoms with Crippen molar-refractivity contribution in [1.82, 2.24) is 20.4 Å². The molecule has 0 aromatic heterocycles. The van der Waals surface area contributed by atoms with Crippen molar-refractivity contribution in [3.63, 3.8) is 0 Å². The molecule has 3 aliphatic rings. The van der Waals surface area contributed by atoms with E-state index in [0.717, 1.165) is 38.3 Å². The third-order valence-electron chi connectivity index (χ3n) is 6.66. The highest BCUT2D eigenvalue weighted by molar-refractivity contribution is 5.80. The summed E-state index contributed by atoms with van der Waals surface area (Å²) < 4.78 is 5.57. The van der Waals surface area contributed by atoms with Crippen molar-refractivity contribution in [3.8, 4) is 0 Å². The number of ether oxygens (including phenoxy) is 1. The minimum absolute atomic E-state index is 0.479. The van der Waals surface area contributed by atoms with E-state index in [1.54, 1.807) is 0 Å². The number of likely N-dealkylation sites (tertiary alicyclic amines) is 1. The summed E-state index contributed by atoms with van der Waals surface area (Å²) in [6.07, 6.45) is 9.61. The van der Waals surface area contributed by atoms with Crippen LogP contribution in [-0.2, 0) is 4.74 Å². The van der Waals surface area contributed by atoms with Gasteiger partial charge in [0.25, 0.3) is 0 Å². The molecule has 3 atom stereocenters. The zero-order valence-corrected chi connectivity index (χ0v) is 17.8. The van der Waals surface area contributed by atoms with Crippen LogP contribution in [0.15, 0.2) is 4.99 Å². The molecule has 3 unspecified atom stereocenters. The van der Waals surface area contributed by atoms with Crippen LogP contribution in [0.4, 0.5) is 0 Å². The van der Waals surface area contributed by atoms with Crippen molar-refractivity contribution in [2.45, 2.75) is 83.0 Å². The van der Waals surface area contributed by atoms with E-state index >= 15 is 0 Å². The molecule has 0 radical (unpaired) electrons. The fourth-order valence-electron chi connectivity index (χ4n) is 5.05. The first-order valence-electron chi connectivity index (χ1n) is 11.2. The molecule has 0 bridgehead atoms. The number of nitrogens with one attached hydrogen (secondary N) is 2. The van der Waals surface area contributed by atoms with E-state index in [4.69, 9.17) is 4.74 Å². The van der Waals surface area contributed by atoms with Crippen LogP contribution in [0.25, 0.3) is 0 Å². The average molecular weight is 380 g/mol. The van der Waals surface area contributed by atoms with Crippen molar-refractivity contribution >= 4 is 5.96 Å². The average Bonchev–Trinajstić information content (AvgIpc) is 2.72. The Kier molecular flexibility index (Phi) is 8.22. The summed E-state index contributed by atoms with van der Waals surface area (Å²) in [6.45, 7) is 10.6. The monoisotopic (exact) mass is 379 g/mol. The summed E-state index contributed by atoms with van der Waals surface area (Å²) in [5.74, 6) is 0.957. The zero-order valence-electron chi connectivity index (χ0n) is 17.8. The number of morpholine rings is 1. The van der Waals surface area contributed by atoms with Crippen molar-refractivity contribution in [2.75, 3.05) is 46.4 Å². The molecule has 0 spiro atoms. The van der Waals surface area contributed by atoms with Crippen LogP contribution in [0.5, 0.6) is 0 Å². The lowest BCUT2D eigenvalue weighted by molar-refractivity contribution is -0.0174. The Balaban J connectivity index is 1.43. The Labute approximate surface area is 166 Å². The van der Waals surface area contributed by atoms with Crippen molar-refractivity contribution in [2.24, 2.45) is 4.99 Å². The SMILES string of the molecule is CN=C(NCC(C)N1CCOCC1C)NC1CCCN(C2CCCCC2)C1. The lowest BCUT2D eigenvalue weighted by atomic mass is 9.92. The maximum atomic E-state index is 5.57. The Morgan fingerprint density at radius 2 is 1.96 bits per heavy atom. The fraction of sp³-hybridized carbons (Fsp3) is 0.952. The standard InChI is InChI=1S/C21H41N5O/c1-17(26-12-13-27-16-18(26)2)14-23-21(22-3)24-19-8-7-11-25(15-19)20-9-5-4-6-10-20/h17-20H,4-16H2,1-3H3,(H2,22,23,24). The second kappa shape index (κ2) is 10.6. The van der Waals surface area contributed by atoms with Gasteiger partial charge in [-0.3, -0.25) is 14.8 Å². The van der Waals surface area contributed by atoms with Gasteiger partial charge in [-0.1, -0.05) is 19.3 Å². The summed E-state index contributed by atoms with van der Waals surface area (Å²) in [6, 6.07) is 2.31. The summed E-state index contributed by atoms with van der Waals surface area (Å²) in [4.78, 5) is 9.77. The Hall–Kier alpha value is -0.850. The first-order chi connectivity index (χ1) is 13.2. The van der Waals surface area contributed by atoms with Crippen LogP contribution in [-0.4, -0.2) is 86.4 Å². The predicted octanol–water partition coefficient (Wildman–Crippen LogP) is 2.06. The molecule has 2 saturated heterocycles. The number of rotatable bonds is 5. The molecule has 2 aliphatic heterocycles. The number of guanidine groups is 1. The first-order valence-corrected chi connectivity index (χ1v) is 11.2. The number of aliphatic imine (C=N–C) groups is 1. The van der Waals surface area contributed by atoms with Gasteiger partial charge in [0.2, 0.25) is 0 Å². The third-order valence-corrected chi connectivity index (χ3v) is 6.66. The third kappa shape index (κ3) is 6.06. The number of nitrogens with zero attached hydrogens (tertiary/aromatic N) is 3. The van der Waals surface area contributed by atoms with Gasteiger partial charge in [0.15, 0.2) is 5.96 Å². The summed E-state index contributed by atoms with van der Waals surface area (Å²) in [5.41, 5.74) is 0. The van der Waals surface area contributed by atoms with Gasteiger partial charge in [0, 0.05) is 50.8 Å². The number of hydrogen-bond acceptors (Lipinski definition) is 4. The largest absolute Gasteiger partial charge is 0.379 e. The van der Waals surface area contributed by atoms with Gasteiger partial charge in [-0.2, -0.15) is 0 Å². The smallest absolute Gasteiger partial charge is 0.191 e. The molecule has 2 N–H and O–H groups in total. The molecular weight excluding hydrogens is 338 g/mol. The molecule has 6 heteroatoms. The minimum atomic E-state index is 0.479. The van der Waals surface area contributed by atoms with Crippen LogP contribution < -0.4 is 10.6 Å². The Morgan fingerprint density at radius 3 is 2.70 bits per heavy atom. The molecule has 0 amide bonds. The van der Waals surface area contributed by atoms with Gasteiger partial charge in [-0.15, -0.1) is 0 Å². The highest BCUT2D eigenvalue weighted by atomic mass is 16.5. The second-order valence-electron chi connectivity index (χ2n) is 8.73.